The number of hydrogen-bond donors (Lipinski definition) is 3. The number of nitrogens with zero attached hydrogens (tertiary/aromatic N) is 2. The van der Waals surface area contributed by atoms with Crippen LogP contribution in [-0.2, 0) is 14.4 Å². The van der Waals surface area contributed by atoms with Crippen LogP contribution in [0.2, 0.25) is 0 Å². The fraction of sp³-hybridized carbons (Fsp3) is 0.500. The van der Waals surface area contributed by atoms with E-state index in [9.17, 15) is 14.4 Å². The van der Waals surface area contributed by atoms with Crippen molar-refractivity contribution in [3.05, 3.63) is 24.3 Å². The number of rotatable bonds is 7. The van der Waals surface area contributed by atoms with E-state index < -0.39 is 0 Å². The van der Waals surface area contributed by atoms with Gasteiger partial charge in [-0.15, -0.1) is 0 Å². The second-order valence-electron chi connectivity index (χ2n) is 6.40. The summed E-state index contributed by atoms with van der Waals surface area (Å²) in [7, 11) is 2.12. The number of amides is 3. The molecule has 26 heavy (non-hydrogen) atoms. The number of carbonyl (C=O) groups is 3. The lowest BCUT2D eigenvalue weighted by atomic mass is 10.2. The largest absolute Gasteiger partial charge is 0.369 e. The normalized spacial score (nSPS) is 14.6. The van der Waals surface area contributed by atoms with E-state index in [1.54, 1.807) is 0 Å². The smallest absolute Gasteiger partial charge is 0.243 e. The third-order valence-electron chi connectivity index (χ3n) is 4.19. The van der Waals surface area contributed by atoms with Crippen molar-refractivity contribution in [2.45, 2.75) is 13.3 Å². The van der Waals surface area contributed by atoms with Gasteiger partial charge in [0.1, 0.15) is 0 Å². The van der Waals surface area contributed by atoms with Gasteiger partial charge < -0.3 is 25.8 Å². The molecule has 0 atom stereocenters. The molecule has 1 saturated heterocycles. The summed E-state index contributed by atoms with van der Waals surface area (Å²) in [6.45, 7) is 5.62. The summed E-state index contributed by atoms with van der Waals surface area (Å²) in [6.07, 6.45) is 0.145. The summed E-state index contributed by atoms with van der Waals surface area (Å²) in [5.74, 6) is -0.750. The first-order chi connectivity index (χ1) is 12.4. The van der Waals surface area contributed by atoms with Gasteiger partial charge in [-0.1, -0.05) is 0 Å². The summed E-state index contributed by atoms with van der Waals surface area (Å²) in [6, 6.07) is 7.72. The maximum Gasteiger partial charge on any atom is 0.243 e. The van der Waals surface area contributed by atoms with E-state index in [1.165, 1.54) is 6.92 Å². The maximum atomic E-state index is 11.9. The highest BCUT2D eigenvalue weighted by atomic mass is 16.2. The van der Waals surface area contributed by atoms with Crippen LogP contribution in [0.15, 0.2) is 24.3 Å². The highest BCUT2D eigenvalue weighted by Crippen LogP contribution is 2.19. The summed E-state index contributed by atoms with van der Waals surface area (Å²) in [4.78, 5) is 38.8. The van der Waals surface area contributed by atoms with Gasteiger partial charge in [0.05, 0.1) is 6.54 Å². The zero-order valence-corrected chi connectivity index (χ0v) is 15.4. The molecule has 0 spiro atoms. The van der Waals surface area contributed by atoms with Crippen molar-refractivity contribution in [2.75, 3.05) is 56.5 Å². The van der Waals surface area contributed by atoms with Crippen molar-refractivity contribution < 1.29 is 14.4 Å². The van der Waals surface area contributed by atoms with Crippen molar-refractivity contribution in [2.24, 2.45) is 0 Å². The monoisotopic (exact) mass is 361 g/mol. The molecule has 0 aromatic heterocycles. The first-order valence-electron chi connectivity index (χ1n) is 8.78. The molecule has 1 aliphatic rings. The van der Waals surface area contributed by atoms with Gasteiger partial charge in [-0.3, -0.25) is 14.4 Å². The number of hydrogen-bond acceptors (Lipinski definition) is 5. The van der Waals surface area contributed by atoms with Crippen molar-refractivity contribution in [1.29, 1.82) is 0 Å². The van der Waals surface area contributed by atoms with E-state index in [4.69, 9.17) is 0 Å². The third-order valence-corrected chi connectivity index (χ3v) is 4.19. The standard InChI is InChI=1S/C18H27N5O3/c1-14(24)19-8-7-17(25)20-13-18(26)21-15-3-5-16(6-4-15)23-11-9-22(2)10-12-23/h3-6H,7-13H2,1-2H3,(H,19,24)(H,20,25)(H,21,26). The van der Waals surface area contributed by atoms with Gasteiger partial charge in [-0.05, 0) is 31.3 Å². The SMILES string of the molecule is CC(=O)NCCC(=O)NCC(=O)Nc1ccc(N2CCN(C)CC2)cc1. The molecule has 1 fully saturated rings. The quantitative estimate of drug-likeness (QED) is 0.637. The molecule has 1 heterocycles. The first-order valence-corrected chi connectivity index (χ1v) is 8.78. The van der Waals surface area contributed by atoms with E-state index in [1.807, 2.05) is 24.3 Å². The molecule has 1 aromatic carbocycles. The van der Waals surface area contributed by atoms with Crippen LogP contribution in [0.3, 0.4) is 0 Å². The minimum atomic E-state index is -0.287. The molecular formula is C18H27N5O3. The molecule has 3 amide bonds. The van der Waals surface area contributed by atoms with Gasteiger partial charge in [0.15, 0.2) is 0 Å². The van der Waals surface area contributed by atoms with E-state index in [-0.39, 0.29) is 37.2 Å². The van der Waals surface area contributed by atoms with Crippen LogP contribution in [-0.4, -0.2) is 68.9 Å². The molecule has 8 nitrogen and oxygen atoms in total. The predicted molar refractivity (Wildman–Crippen MR) is 101 cm³/mol. The van der Waals surface area contributed by atoms with Crippen LogP contribution in [0.4, 0.5) is 11.4 Å². The zero-order chi connectivity index (χ0) is 18.9. The minimum absolute atomic E-state index is 0.0981. The number of nitrogens with one attached hydrogen (secondary N) is 3. The van der Waals surface area contributed by atoms with Crippen molar-refractivity contribution in [1.82, 2.24) is 15.5 Å². The van der Waals surface area contributed by atoms with Crippen LogP contribution in [0.1, 0.15) is 13.3 Å². The molecular weight excluding hydrogens is 334 g/mol. The average Bonchev–Trinajstić information content (AvgIpc) is 2.61. The van der Waals surface area contributed by atoms with E-state index >= 15 is 0 Å². The molecule has 3 N–H and O–H groups in total. The Balaban J connectivity index is 1.71. The Morgan fingerprint density at radius 1 is 0.962 bits per heavy atom. The third kappa shape index (κ3) is 6.72. The molecule has 0 unspecified atom stereocenters. The van der Waals surface area contributed by atoms with Crippen LogP contribution < -0.4 is 20.9 Å². The van der Waals surface area contributed by atoms with Crippen LogP contribution in [0, 0.1) is 0 Å². The number of carbonyl (C=O) groups excluding carboxylic acids is 3. The Kier molecular flexibility index (Phi) is 7.40. The Bertz CT molecular complexity index is 624. The van der Waals surface area contributed by atoms with Gasteiger partial charge in [-0.2, -0.15) is 0 Å². The van der Waals surface area contributed by atoms with Gasteiger partial charge in [0, 0.05) is 57.4 Å². The summed E-state index contributed by atoms with van der Waals surface area (Å²) in [5.41, 5.74) is 1.84. The molecule has 0 radical (unpaired) electrons. The van der Waals surface area contributed by atoms with E-state index in [2.05, 4.69) is 32.8 Å². The number of likely N-dealkylation sites (N-methyl/N-ethyl adjacent to an activating group) is 1. The summed E-state index contributed by atoms with van der Waals surface area (Å²) >= 11 is 0. The highest BCUT2D eigenvalue weighted by molar-refractivity contribution is 5.94. The molecule has 8 heteroatoms. The van der Waals surface area contributed by atoms with E-state index in [0.717, 1.165) is 31.9 Å². The van der Waals surface area contributed by atoms with Crippen LogP contribution >= 0.6 is 0 Å². The van der Waals surface area contributed by atoms with Gasteiger partial charge in [0.25, 0.3) is 0 Å². The number of benzene rings is 1. The predicted octanol–water partition coefficient (Wildman–Crippen LogP) is 0.0193. The van der Waals surface area contributed by atoms with Crippen molar-refractivity contribution >= 4 is 29.1 Å². The highest BCUT2D eigenvalue weighted by Gasteiger charge is 2.14. The second-order valence-corrected chi connectivity index (χ2v) is 6.40. The molecule has 2 rings (SSSR count). The fourth-order valence-electron chi connectivity index (χ4n) is 2.64. The zero-order valence-electron chi connectivity index (χ0n) is 15.4. The Morgan fingerprint density at radius 3 is 2.23 bits per heavy atom. The lowest BCUT2D eigenvalue weighted by molar-refractivity contribution is -0.124. The Labute approximate surface area is 153 Å². The molecule has 0 bridgehead atoms. The fourth-order valence-corrected chi connectivity index (χ4v) is 2.64. The molecule has 142 valence electrons. The maximum absolute atomic E-state index is 11.9. The topological polar surface area (TPSA) is 93.8 Å². The summed E-state index contributed by atoms with van der Waals surface area (Å²) in [5, 5.41) is 7.82. The van der Waals surface area contributed by atoms with E-state index in [0.29, 0.717) is 5.69 Å². The van der Waals surface area contributed by atoms with Gasteiger partial charge in [0.2, 0.25) is 17.7 Å². The van der Waals surface area contributed by atoms with Crippen LogP contribution in [0.5, 0.6) is 0 Å². The average molecular weight is 361 g/mol. The number of piperazine rings is 1. The summed E-state index contributed by atoms with van der Waals surface area (Å²) < 4.78 is 0. The van der Waals surface area contributed by atoms with Crippen molar-refractivity contribution in [3.8, 4) is 0 Å². The molecule has 0 saturated carbocycles. The Hall–Kier alpha value is -2.61. The van der Waals surface area contributed by atoms with Gasteiger partial charge in [-0.25, -0.2) is 0 Å². The molecule has 0 aliphatic carbocycles. The van der Waals surface area contributed by atoms with Crippen molar-refractivity contribution in [3.63, 3.8) is 0 Å². The van der Waals surface area contributed by atoms with Gasteiger partial charge >= 0.3 is 0 Å². The van der Waals surface area contributed by atoms with Crippen LogP contribution in [0.25, 0.3) is 0 Å². The minimum Gasteiger partial charge on any atom is -0.369 e. The Morgan fingerprint density at radius 2 is 1.62 bits per heavy atom. The molecule has 1 aliphatic heterocycles. The lowest BCUT2D eigenvalue weighted by Gasteiger charge is -2.34. The second kappa shape index (κ2) is 9.76. The molecule has 1 aromatic rings. The lowest BCUT2D eigenvalue weighted by Crippen LogP contribution is -2.44. The number of anilines is 2. The first kappa shape index (κ1) is 19.7.